The number of benzene rings is 1. The standard InChI is InChI=1S/C14H15BrClNS/c1-9-3-10(5-12(16)4-9)14(17-2)7-13-6-11(15)8-18-13/h3-6,8,14,17H,7H2,1-2H3. The molecule has 0 fully saturated rings. The van der Waals surface area contributed by atoms with E-state index in [0.717, 1.165) is 15.9 Å². The fourth-order valence-electron chi connectivity index (χ4n) is 2.01. The molecule has 0 aliphatic heterocycles. The van der Waals surface area contributed by atoms with E-state index in [0.29, 0.717) is 6.04 Å². The van der Waals surface area contributed by atoms with Gasteiger partial charge in [-0.05, 0) is 59.2 Å². The van der Waals surface area contributed by atoms with Crippen LogP contribution < -0.4 is 5.32 Å². The van der Waals surface area contributed by atoms with Crippen LogP contribution in [0.5, 0.6) is 0 Å². The third-order valence-corrected chi connectivity index (χ3v) is 4.78. The predicted octanol–water partition coefficient (Wildman–Crippen LogP) is 4.98. The van der Waals surface area contributed by atoms with Gasteiger partial charge >= 0.3 is 0 Å². The highest BCUT2D eigenvalue weighted by Gasteiger charge is 2.12. The molecule has 18 heavy (non-hydrogen) atoms. The number of thiophene rings is 1. The van der Waals surface area contributed by atoms with E-state index in [1.165, 1.54) is 16.0 Å². The molecule has 1 aromatic carbocycles. The van der Waals surface area contributed by atoms with E-state index < -0.39 is 0 Å². The average Bonchev–Trinajstić information content (AvgIpc) is 2.70. The van der Waals surface area contributed by atoms with Crippen LogP contribution in [-0.2, 0) is 6.42 Å². The van der Waals surface area contributed by atoms with Crippen LogP contribution in [0.15, 0.2) is 34.1 Å². The van der Waals surface area contributed by atoms with Crippen LogP contribution in [0.25, 0.3) is 0 Å². The van der Waals surface area contributed by atoms with Gasteiger partial charge in [-0.25, -0.2) is 0 Å². The molecule has 1 heterocycles. The van der Waals surface area contributed by atoms with Crippen LogP contribution in [-0.4, -0.2) is 7.05 Å². The Kier molecular flexibility index (Phi) is 4.84. The van der Waals surface area contributed by atoms with Gasteiger partial charge in [0.05, 0.1) is 0 Å². The first kappa shape index (κ1) is 14.1. The third kappa shape index (κ3) is 3.58. The first-order valence-electron chi connectivity index (χ1n) is 5.76. The molecule has 0 bridgehead atoms. The van der Waals surface area contributed by atoms with Gasteiger partial charge in [0.25, 0.3) is 0 Å². The molecule has 0 radical (unpaired) electrons. The highest BCUT2D eigenvalue weighted by atomic mass is 79.9. The molecule has 1 N–H and O–H groups in total. The number of rotatable bonds is 4. The summed E-state index contributed by atoms with van der Waals surface area (Å²) in [6, 6.07) is 8.69. The molecule has 4 heteroatoms. The van der Waals surface area contributed by atoms with E-state index in [9.17, 15) is 0 Å². The monoisotopic (exact) mass is 343 g/mol. The number of aryl methyl sites for hydroxylation is 1. The van der Waals surface area contributed by atoms with E-state index in [2.05, 4.69) is 45.7 Å². The van der Waals surface area contributed by atoms with Gasteiger partial charge in [-0.1, -0.05) is 17.7 Å². The lowest BCUT2D eigenvalue weighted by Crippen LogP contribution is -2.18. The average molecular weight is 345 g/mol. The highest BCUT2D eigenvalue weighted by molar-refractivity contribution is 9.10. The Morgan fingerprint density at radius 1 is 1.33 bits per heavy atom. The summed E-state index contributed by atoms with van der Waals surface area (Å²) in [4.78, 5) is 1.36. The van der Waals surface area contributed by atoms with Crippen molar-refractivity contribution in [2.24, 2.45) is 0 Å². The maximum Gasteiger partial charge on any atom is 0.0411 e. The Morgan fingerprint density at radius 3 is 2.67 bits per heavy atom. The van der Waals surface area contributed by atoms with Crippen molar-refractivity contribution in [1.82, 2.24) is 5.32 Å². The van der Waals surface area contributed by atoms with Gasteiger partial charge in [-0.15, -0.1) is 11.3 Å². The number of likely N-dealkylation sites (N-methyl/N-ethyl adjacent to an activating group) is 1. The van der Waals surface area contributed by atoms with E-state index in [-0.39, 0.29) is 0 Å². The van der Waals surface area contributed by atoms with Gasteiger partial charge in [0.2, 0.25) is 0 Å². The number of halogens is 2. The molecule has 1 atom stereocenters. The molecule has 2 aromatic rings. The lowest BCUT2D eigenvalue weighted by molar-refractivity contribution is 0.596. The van der Waals surface area contributed by atoms with Crippen LogP contribution in [0.4, 0.5) is 0 Å². The molecule has 96 valence electrons. The molecular formula is C14H15BrClNS. The molecular weight excluding hydrogens is 330 g/mol. The second-order valence-electron chi connectivity index (χ2n) is 4.34. The van der Waals surface area contributed by atoms with Gasteiger partial charge in [0.1, 0.15) is 0 Å². The van der Waals surface area contributed by atoms with Gasteiger partial charge in [-0.2, -0.15) is 0 Å². The zero-order valence-corrected chi connectivity index (χ0v) is 13.5. The SMILES string of the molecule is CNC(Cc1cc(Br)cs1)c1cc(C)cc(Cl)c1. The summed E-state index contributed by atoms with van der Waals surface area (Å²) in [5.41, 5.74) is 2.44. The largest absolute Gasteiger partial charge is 0.313 e. The first-order chi connectivity index (χ1) is 8.58. The molecule has 1 unspecified atom stereocenters. The first-order valence-corrected chi connectivity index (χ1v) is 7.81. The molecule has 2 rings (SSSR count). The van der Waals surface area contributed by atoms with Gasteiger partial charge < -0.3 is 5.32 Å². The summed E-state index contributed by atoms with van der Waals surface area (Å²) >= 11 is 11.4. The Bertz CT molecular complexity index is 518. The fraction of sp³-hybridized carbons (Fsp3) is 0.286. The summed E-state index contributed by atoms with van der Waals surface area (Å²) in [6.07, 6.45) is 0.979. The van der Waals surface area contributed by atoms with Crippen molar-refractivity contribution in [3.63, 3.8) is 0 Å². The lowest BCUT2D eigenvalue weighted by Gasteiger charge is -2.16. The molecule has 0 amide bonds. The predicted molar refractivity (Wildman–Crippen MR) is 83.7 cm³/mol. The van der Waals surface area contributed by atoms with Crippen molar-refractivity contribution in [2.45, 2.75) is 19.4 Å². The quantitative estimate of drug-likeness (QED) is 0.825. The zero-order chi connectivity index (χ0) is 13.1. The number of nitrogens with one attached hydrogen (secondary N) is 1. The van der Waals surface area contributed by atoms with Crippen LogP contribution in [0.3, 0.4) is 0 Å². The van der Waals surface area contributed by atoms with Crippen LogP contribution >= 0.6 is 38.9 Å². The normalized spacial score (nSPS) is 12.7. The van der Waals surface area contributed by atoms with Gasteiger partial charge in [-0.3, -0.25) is 0 Å². The van der Waals surface area contributed by atoms with E-state index in [1.807, 2.05) is 19.2 Å². The Labute approximate surface area is 125 Å². The Hall–Kier alpha value is -0.350. The number of hydrogen-bond donors (Lipinski definition) is 1. The topological polar surface area (TPSA) is 12.0 Å². The second-order valence-corrected chi connectivity index (χ2v) is 6.69. The van der Waals surface area contributed by atoms with E-state index >= 15 is 0 Å². The van der Waals surface area contributed by atoms with Crippen molar-refractivity contribution in [2.75, 3.05) is 7.05 Å². The minimum atomic E-state index is 0.299. The summed E-state index contributed by atoms with van der Waals surface area (Å²) in [7, 11) is 1.99. The van der Waals surface area contributed by atoms with Crippen molar-refractivity contribution in [1.29, 1.82) is 0 Å². The summed E-state index contributed by atoms with van der Waals surface area (Å²) in [6.45, 7) is 2.07. The number of hydrogen-bond acceptors (Lipinski definition) is 2. The molecule has 1 aromatic heterocycles. The molecule has 0 spiro atoms. The second kappa shape index (κ2) is 6.20. The summed E-state index contributed by atoms with van der Waals surface area (Å²) in [5, 5.41) is 6.28. The molecule has 0 aliphatic carbocycles. The Balaban J connectivity index is 2.22. The van der Waals surface area contributed by atoms with Crippen LogP contribution in [0.2, 0.25) is 5.02 Å². The van der Waals surface area contributed by atoms with E-state index in [4.69, 9.17) is 11.6 Å². The summed E-state index contributed by atoms with van der Waals surface area (Å²) < 4.78 is 1.15. The van der Waals surface area contributed by atoms with Crippen molar-refractivity contribution >= 4 is 38.9 Å². The van der Waals surface area contributed by atoms with Crippen molar-refractivity contribution < 1.29 is 0 Å². The van der Waals surface area contributed by atoms with Crippen LogP contribution in [0, 0.1) is 6.92 Å². The van der Waals surface area contributed by atoms with Crippen molar-refractivity contribution in [3.8, 4) is 0 Å². The van der Waals surface area contributed by atoms with Gasteiger partial charge in [0.15, 0.2) is 0 Å². The zero-order valence-electron chi connectivity index (χ0n) is 10.3. The Morgan fingerprint density at radius 2 is 2.11 bits per heavy atom. The van der Waals surface area contributed by atoms with Crippen molar-refractivity contribution in [3.05, 3.63) is 55.1 Å². The maximum atomic E-state index is 6.13. The smallest absolute Gasteiger partial charge is 0.0411 e. The fourth-order valence-corrected chi connectivity index (χ4v) is 3.81. The molecule has 1 nitrogen and oxygen atoms in total. The molecule has 0 saturated heterocycles. The van der Waals surface area contributed by atoms with E-state index in [1.54, 1.807) is 11.3 Å². The molecule has 0 aliphatic rings. The van der Waals surface area contributed by atoms with Crippen LogP contribution in [0.1, 0.15) is 22.0 Å². The molecule has 0 saturated carbocycles. The maximum absolute atomic E-state index is 6.13. The summed E-state index contributed by atoms with van der Waals surface area (Å²) in [5.74, 6) is 0. The van der Waals surface area contributed by atoms with Gasteiger partial charge in [0, 0.05) is 32.2 Å². The lowest BCUT2D eigenvalue weighted by atomic mass is 10.0. The third-order valence-electron chi connectivity index (χ3n) is 2.84. The highest BCUT2D eigenvalue weighted by Crippen LogP contribution is 2.27. The minimum absolute atomic E-state index is 0.299. The minimum Gasteiger partial charge on any atom is -0.313 e.